The molecule has 2 aliphatic rings. The van der Waals surface area contributed by atoms with E-state index >= 15 is 0 Å². The quantitative estimate of drug-likeness (QED) is 0.735. The average Bonchev–Trinajstić information content (AvgIpc) is 2.97. The van der Waals surface area contributed by atoms with Gasteiger partial charge in [-0.25, -0.2) is 0 Å². The third-order valence-electron chi connectivity index (χ3n) is 3.83. The molecule has 3 heteroatoms. The summed E-state index contributed by atoms with van der Waals surface area (Å²) in [5.41, 5.74) is 1.90. The number of hydrogen-bond donors (Lipinski definition) is 0. The Hall–Kier alpha value is -0.830. The Morgan fingerprint density at radius 3 is 2.65 bits per heavy atom. The first-order valence-electron chi connectivity index (χ1n) is 5.94. The van der Waals surface area contributed by atoms with Gasteiger partial charge in [-0.3, -0.25) is 4.79 Å². The van der Waals surface area contributed by atoms with Gasteiger partial charge in [0.15, 0.2) is 6.29 Å². The van der Waals surface area contributed by atoms with Gasteiger partial charge in [0.1, 0.15) is 11.4 Å². The molecular formula is C14H15BrO2. The van der Waals surface area contributed by atoms with Crippen molar-refractivity contribution in [3.8, 4) is 5.75 Å². The number of carbonyl (C=O) groups excluding carboxylic acids is 1. The van der Waals surface area contributed by atoms with Gasteiger partial charge in [0.05, 0.1) is 5.56 Å². The Morgan fingerprint density at radius 1 is 1.35 bits per heavy atom. The van der Waals surface area contributed by atoms with Crippen molar-refractivity contribution >= 4 is 22.2 Å². The number of hydrogen-bond acceptors (Lipinski definition) is 2. The maximum atomic E-state index is 11.2. The zero-order valence-electron chi connectivity index (χ0n) is 10.0. The summed E-state index contributed by atoms with van der Waals surface area (Å²) in [6.07, 6.45) is 4.16. The van der Waals surface area contributed by atoms with Crippen molar-refractivity contribution in [1.29, 1.82) is 0 Å². The number of ether oxygens (including phenoxy) is 1. The van der Waals surface area contributed by atoms with E-state index < -0.39 is 0 Å². The summed E-state index contributed by atoms with van der Waals surface area (Å²) >= 11 is 3.46. The number of rotatable bonds is 1. The molecule has 1 heterocycles. The van der Waals surface area contributed by atoms with E-state index in [1.165, 1.54) is 0 Å². The molecule has 0 bridgehead atoms. The van der Waals surface area contributed by atoms with Crippen LogP contribution in [-0.4, -0.2) is 11.9 Å². The van der Waals surface area contributed by atoms with Gasteiger partial charge in [-0.2, -0.15) is 0 Å². The SMILES string of the molecule is CC1(C)CC2(CC2)Oc2c(C=O)cc(Br)cc21. The largest absolute Gasteiger partial charge is 0.486 e. The Labute approximate surface area is 109 Å². The first kappa shape index (κ1) is 11.3. The highest BCUT2D eigenvalue weighted by Crippen LogP contribution is 2.55. The van der Waals surface area contributed by atoms with E-state index in [-0.39, 0.29) is 11.0 Å². The Balaban J connectivity index is 2.21. The zero-order valence-corrected chi connectivity index (χ0v) is 11.6. The lowest BCUT2D eigenvalue weighted by molar-refractivity contribution is 0.104. The smallest absolute Gasteiger partial charge is 0.153 e. The number of carbonyl (C=O) groups is 1. The molecule has 1 spiro atoms. The minimum atomic E-state index is 0.0160. The van der Waals surface area contributed by atoms with Gasteiger partial charge in [0.25, 0.3) is 0 Å². The van der Waals surface area contributed by atoms with Crippen molar-refractivity contribution in [2.45, 2.75) is 44.1 Å². The van der Waals surface area contributed by atoms with Crippen LogP contribution in [0.5, 0.6) is 5.75 Å². The maximum absolute atomic E-state index is 11.2. The Bertz CT molecular complexity index is 501. The molecule has 90 valence electrons. The van der Waals surface area contributed by atoms with Gasteiger partial charge < -0.3 is 4.74 Å². The molecule has 1 aliphatic heterocycles. The highest BCUT2D eigenvalue weighted by molar-refractivity contribution is 9.10. The summed E-state index contributed by atoms with van der Waals surface area (Å²) < 4.78 is 7.04. The van der Waals surface area contributed by atoms with Crippen LogP contribution in [0.1, 0.15) is 49.0 Å². The van der Waals surface area contributed by atoms with Gasteiger partial charge in [0, 0.05) is 10.0 Å². The fourth-order valence-corrected chi connectivity index (χ4v) is 3.37. The molecule has 3 rings (SSSR count). The Morgan fingerprint density at radius 2 is 2.06 bits per heavy atom. The fourth-order valence-electron chi connectivity index (χ4n) is 2.89. The minimum absolute atomic E-state index is 0.0160. The molecule has 1 aliphatic carbocycles. The highest BCUT2D eigenvalue weighted by atomic mass is 79.9. The molecule has 0 saturated heterocycles. The van der Waals surface area contributed by atoms with E-state index in [9.17, 15) is 4.79 Å². The van der Waals surface area contributed by atoms with E-state index in [4.69, 9.17) is 4.74 Å². The van der Waals surface area contributed by atoms with Crippen molar-refractivity contribution in [2.75, 3.05) is 0 Å². The monoisotopic (exact) mass is 294 g/mol. The molecule has 2 nitrogen and oxygen atoms in total. The zero-order chi connectivity index (χ0) is 12.3. The van der Waals surface area contributed by atoms with Gasteiger partial charge in [-0.15, -0.1) is 0 Å². The fraction of sp³-hybridized carbons (Fsp3) is 0.500. The van der Waals surface area contributed by atoms with Crippen molar-refractivity contribution < 1.29 is 9.53 Å². The average molecular weight is 295 g/mol. The number of fused-ring (bicyclic) bond motifs is 1. The number of halogens is 1. The summed E-state index contributed by atoms with van der Waals surface area (Å²) in [7, 11) is 0. The molecule has 1 aromatic carbocycles. The first-order valence-corrected chi connectivity index (χ1v) is 6.73. The van der Waals surface area contributed by atoms with E-state index in [0.717, 1.165) is 41.3 Å². The molecule has 1 saturated carbocycles. The summed E-state index contributed by atoms with van der Waals surface area (Å²) in [6, 6.07) is 3.92. The second-order valence-electron chi connectivity index (χ2n) is 5.84. The lowest BCUT2D eigenvalue weighted by Gasteiger charge is -2.38. The molecule has 0 amide bonds. The van der Waals surface area contributed by atoms with Crippen molar-refractivity contribution in [3.63, 3.8) is 0 Å². The van der Waals surface area contributed by atoms with Crippen LogP contribution in [0, 0.1) is 0 Å². The van der Waals surface area contributed by atoms with Crippen LogP contribution < -0.4 is 4.74 Å². The maximum Gasteiger partial charge on any atom is 0.153 e. The van der Waals surface area contributed by atoms with E-state index in [1.807, 2.05) is 6.07 Å². The van der Waals surface area contributed by atoms with Crippen LogP contribution in [0.15, 0.2) is 16.6 Å². The van der Waals surface area contributed by atoms with Crippen molar-refractivity contribution in [1.82, 2.24) is 0 Å². The van der Waals surface area contributed by atoms with Gasteiger partial charge in [-0.1, -0.05) is 29.8 Å². The molecule has 1 aromatic rings. The highest BCUT2D eigenvalue weighted by Gasteiger charge is 2.53. The molecule has 0 radical (unpaired) electrons. The van der Waals surface area contributed by atoms with E-state index in [2.05, 4.69) is 35.8 Å². The summed E-state index contributed by atoms with van der Waals surface area (Å²) in [5.74, 6) is 0.803. The van der Waals surface area contributed by atoms with Crippen LogP contribution in [0.3, 0.4) is 0 Å². The minimum Gasteiger partial charge on any atom is -0.486 e. The number of benzene rings is 1. The van der Waals surface area contributed by atoms with Crippen LogP contribution in [-0.2, 0) is 5.41 Å². The molecule has 17 heavy (non-hydrogen) atoms. The van der Waals surface area contributed by atoms with Crippen LogP contribution in [0.4, 0.5) is 0 Å². The van der Waals surface area contributed by atoms with E-state index in [0.29, 0.717) is 5.56 Å². The molecule has 0 N–H and O–H groups in total. The first-order chi connectivity index (χ1) is 7.96. The van der Waals surface area contributed by atoms with Crippen LogP contribution >= 0.6 is 15.9 Å². The van der Waals surface area contributed by atoms with Crippen molar-refractivity contribution in [3.05, 3.63) is 27.7 Å². The molecular weight excluding hydrogens is 280 g/mol. The standard InChI is InChI=1S/C14H15BrO2/c1-13(2)8-14(3-4-14)17-12-9(7-16)5-10(15)6-11(12)13/h5-7H,3-4,8H2,1-2H3. The Kier molecular flexibility index (Phi) is 2.22. The summed E-state index contributed by atoms with van der Waals surface area (Å²) in [5, 5.41) is 0. The molecule has 0 aromatic heterocycles. The third kappa shape index (κ3) is 1.71. The summed E-state index contributed by atoms with van der Waals surface area (Å²) in [4.78, 5) is 11.2. The van der Waals surface area contributed by atoms with E-state index in [1.54, 1.807) is 0 Å². The molecule has 0 atom stereocenters. The lowest BCUT2D eigenvalue weighted by Crippen LogP contribution is -2.36. The normalized spacial score (nSPS) is 22.8. The summed E-state index contributed by atoms with van der Waals surface area (Å²) in [6.45, 7) is 4.46. The molecule has 1 fully saturated rings. The molecule has 0 unspecified atom stereocenters. The predicted molar refractivity (Wildman–Crippen MR) is 69.8 cm³/mol. The third-order valence-corrected chi connectivity index (χ3v) is 4.29. The van der Waals surface area contributed by atoms with Gasteiger partial charge >= 0.3 is 0 Å². The van der Waals surface area contributed by atoms with Crippen LogP contribution in [0.25, 0.3) is 0 Å². The predicted octanol–water partition coefficient (Wildman–Crippen LogP) is 3.85. The van der Waals surface area contributed by atoms with Crippen LogP contribution in [0.2, 0.25) is 0 Å². The number of aldehydes is 1. The van der Waals surface area contributed by atoms with Gasteiger partial charge in [0.2, 0.25) is 0 Å². The second kappa shape index (κ2) is 3.35. The lowest BCUT2D eigenvalue weighted by atomic mass is 9.76. The second-order valence-corrected chi connectivity index (χ2v) is 6.75. The topological polar surface area (TPSA) is 26.3 Å². The van der Waals surface area contributed by atoms with Crippen molar-refractivity contribution in [2.24, 2.45) is 0 Å². The van der Waals surface area contributed by atoms with Gasteiger partial charge in [-0.05, 0) is 36.8 Å².